The topological polar surface area (TPSA) is 43.6 Å². The van der Waals surface area contributed by atoms with E-state index < -0.39 is 0 Å². The first-order chi connectivity index (χ1) is 5.70. The minimum absolute atomic E-state index is 0.900. The summed E-state index contributed by atoms with van der Waals surface area (Å²) in [5.41, 5.74) is 2.74. The van der Waals surface area contributed by atoms with Gasteiger partial charge in [0.25, 0.3) is 0 Å². The second kappa shape index (κ2) is 2.27. The third-order valence-corrected chi connectivity index (χ3v) is 2.06. The third kappa shape index (κ3) is 0.809. The predicted octanol–water partition coefficient (Wildman–Crippen LogP) is 0.980. The molecule has 0 aliphatic carbocycles. The molecule has 0 saturated carbocycles. The van der Waals surface area contributed by atoms with E-state index in [1.165, 1.54) is 0 Å². The lowest BCUT2D eigenvalue weighted by Crippen LogP contribution is -1.93. The van der Waals surface area contributed by atoms with E-state index in [1.54, 1.807) is 6.33 Å². The Morgan fingerprint density at radius 2 is 2.00 bits per heavy atom. The first-order valence-electron chi connectivity index (χ1n) is 3.81. The van der Waals surface area contributed by atoms with Gasteiger partial charge in [0.1, 0.15) is 17.7 Å². The van der Waals surface area contributed by atoms with Gasteiger partial charge in [-0.05, 0) is 13.8 Å². The average molecular weight is 162 g/mol. The molecule has 4 nitrogen and oxygen atoms in total. The molecule has 2 aromatic heterocycles. The van der Waals surface area contributed by atoms with E-state index in [-0.39, 0.29) is 0 Å². The summed E-state index contributed by atoms with van der Waals surface area (Å²) in [5.74, 6) is 0.966. The van der Waals surface area contributed by atoms with E-state index in [2.05, 4.69) is 15.0 Å². The molecule has 12 heavy (non-hydrogen) atoms. The molecule has 62 valence electrons. The number of aromatic nitrogens is 4. The fourth-order valence-electron chi connectivity index (χ4n) is 1.22. The van der Waals surface area contributed by atoms with Crippen LogP contribution in [0.2, 0.25) is 0 Å². The van der Waals surface area contributed by atoms with E-state index >= 15 is 0 Å². The van der Waals surface area contributed by atoms with Crippen molar-refractivity contribution in [3.63, 3.8) is 0 Å². The molecule has 0 radical (unpaired) electrons. The molecule has 0 N–H and O–H groups in total. The van der Waals surface area contributed by atoms with Crippen molar-refractivity contribution in [3.05, 3.63) is 17.8 Å². The molecule has 0 aliphatic heterocycles. The van der Waals surface area contributed by atoms with E-state index in [9.17, 15) is 0 Å². The van der Waals surface area contributed by atoms with Crippen LogP contribution in [-0.2, 0) is 7.05 Å². The van der Waals surface area contributed by atoms with Crippen molar-refractivity contribution in [2.75, 3.05) is 0 Å². The molecule has 4 heteroatoms. The van der Waals surface area contributed by atoms with Crippen molar-refractivity contribution in [2.24, 2.45) is 7.05 Å². The number of aryl methyl sites for hydroxylation is 3. The first kappa shape index (κ1) is 7.21. The van der Waals surface area contributed by atoms with Gasteiger partial charge in [-0.2, -0.15) is 0 Å². The average Bonchev–Trinajstić information content (AvgIpc) is 2.32. The molecule has 2 heterocycles. The molecule has 0 aliphatic rings. The molecule has 0 bridgehead atoms. The van der Waals surface area contributed by atoms with Gasteiger partial charge in [-0.1, -0.05) is 0 Å². The monoisotopic (exact) mass is 162 g/mol. The molecule has 0 spiro atoms. The summed E-state index contributed by atoms with van der Waals surface area (Å²) < 4.78 is 1.96. The fraction of sp³-hybridized carbons (Fsp3) is 0.375. The number of rotatable bonds is 0. The normalized spacial score (nSPS) is 10.9. The smallest absolute Gasteiger partial charge is 0.163 e. The van der Waals surface area contributed by atoms with Gasteiger partial charge >= 0.3 is 0 Å². The van der Waals surface area contributed by atoms with Crippen LogP contribution >= 0.6 is 0 Å². The third-order valence-electron chi connectivity index (χ3n) is 2.06. The Morgan fingerprint density at radius 1 is 1.25 bits per heavy atom. The first-order valence-corrected chi connectivity index (χ1v) is 3.81. The number of fused-ring (bicyclic) bond motifs is 1. The SMILES string of the molecule is Cc1ncnc2c1nc(C)n2C. The molecular formula is C8H10N4. The number of hydrogen-bond acceptors (Lipinski definition) is 3. The molecule has 0 amide bonds. The van der Waals surface area contributed by atoms with Crippen LogP contribution < -0.4 is 0 Å². The van der Waals surface area contributed by atoms with Crippen LogP contribution in [0.1, 0.15) is 11.5 Å². The number of hydrogen-bond donors (Lipinski definition) is 0. The van der Waals surface area contributed by atoms with Crippen LogP contribution in [-0.4, -0.2) is 19.5 Å². The largest absolute Gasteiger partial charge is 0.316 e. The quantitative estimate of drug-likeness (QED) is 0.580. The number of imidazole rings is 1. The van der Waals surface area contributed by atoms with Gasteiger partial charge in [0.2, 0.25) is 0 Å². The second-order valence-corrected chi connectivity index (χ2v) is 2.85. The van der Waals surface area contributed by atoms with Crippen molar-refractivity contribution in [2.45, 2.75) is 13.8 Å². The summed E-state index contributed by atoms with van der Waals surface area (Å²) in [4.78, 5) is 12.6. The molecule has 0 fully saturated rings. The zero-order valence-corrected chi connectivity index (χ0v) is 7.37. The van der Waals surface area contributed by atoms with Crippen molar-refractivity contribution in [1.82, 2.24) is 19.5 Å². The zero-order valence-electron chi connectivity index (χ0n) is 7.37. The van der Waals surface area contributed by atoms with E-state index in [0.717, 1.165) is 22.7 Å². The summed E-state index contributed by atoms with van der Waals surface area (Å²) >= 11 is 0. The fourth-order valence-corrected chi connectivity index (χ4v) is 1.22. The number of nitrogens with zero attached hydrogens (tertiary/aromatic N) is 4. The zero-order chi connectivity index (χ0) is 8.72. The summed E-state index contributed by atoms with van der Waals surface area (Å²) in [7, 11) is 1.96. The van der Waals surface area contributed by atoms with Crippen LogP contribution in [0.3, 0.4) is 0 Å². The maximum absolute atomic E-state index is 4.35. The molecular weight excluding hydrogens is 152 g/mol. The maximum Gasteiger partial charge on any atom is 0.163 e. The maximum atomic E-state index is 4.35. The highest BCUT2D eigenvalue weighted by molar-refractivity contribution is 5.73. The Kier molecular flexibility index (Phi) is 1.36. The molecule has 0 unspecified atom stereocenters. The van der Waals surface area contributed by atoms with Crippen molar-refractivity contribution in [3.8, 4) is 0 Å². The van der Waals surface area contributed by atoms with Crippen LogP contribution in [0.4, 0.5) is 0 Å². The van der Waals surface area contributed by atoms with E-state index in [0.29, 0.717) is 0 Å². The Morgan fingerprint density at radius 3 is 2.67 bits per heavy atom. The van der Waals surface area contributed by atoms with Crippen LogP contribution in [0, 0.1) is 13.8 Å². The highest BCUT2D eigenvalue weighted by Crippen LogP contribution is 2.12. The van der Waals surface area contributed by atoms with Gasteiger partial charge in [-0.25, -0.2) is 15.0 Å². The van der Waals surface area contributed by atoms with Gasteiger partial charge in [0.15, 0.2) is 5.65 Å². The van der Waals surface area contributed by atoms with E-state index in [4.69, 9.17) is 0 Å². The van der Waals surface area contributed by atoms with Crippen molar-refractivity contribution in [1.29, 1.82) is 0 Å². The lowest BCUT2D eigenvalue weighted by atomic mass is 10.4. The van der Waals surface area contributed by atoms with Gasteiger partial charge in [-0.3, -0.25) is 0 Å². The summed E-state index contributed by atoms with van der Waals surface area (Å²) in [6.07, 6.45) is 1.57. The van der Waals surface area contributed by atoms with Crippen LogP contribution in [0.25, 0.3) is 11.2 Å². The Bertz CT molecular complexity index is 430. The molecule has 0 aromatic carbocycles. The molecule has 2 rings (SSSR count). The molecule has 2 aromatic rings. The summed E-state index contributed by atoms with van der Waals surface area (Å²) in [5, 5.41) is 0. The molecule has 0 atom stereocenters. The highest BCUT2D eigenvalue weighted by Gasteiger charge is 2.06. The van der Waals surface area contributed by atoms with Crippen LogP contribution in [0.15, 0.2) is 6.33 Å². The van der Waals surface area contributed by atoms with E-state index in [1.807, 2.05) is 25.5 Å². The van der Waals surface area contributed by atoms with Crippen molar-refractivity contribution >= 4 is 11.2 Å². The van der Waals surface area contributed by atoms with Gasteiger partial charge < -0.3 is 4.57 Å². The lowest BCUT2D eigenvalue weighted by Gasteiger charge is -1.94. The van der Waals surface area contributed by atoms with Gasteiger partial charge in [0, 0.05) is 7.05 Å². The summed E-state index contributed by atoms with van der Waals surface area (Å²) in [6, 6.07) is 0. The minimum atomic E-state index is 0.900. The minimum Gasteiger partial charge on any atom is -0.316 e. The van der Waals surface area contributed by atoms with Crippen LogP contribution in [0.5, 0.6) is 0 Å². The molecule has 0 saturated heterocycles. The van der Waals surface area contributed by atoms with Gasteiger partial charge in [0.05, 0.1) is 5.69 Å². The standard InChI is InChI=1S/C8H10N4/c1-5-7-8(10-4-9-5)12(3)6(2)11-7/h4H,1-3H3. The Hall–Kier alpha value is -1.45. The predicted molar refractivity (Wildman–Crippen MR) is 45.8 cm³/mol. The van der Waals surface area contributed by atoms with Crippen molar-refractivity contribution < 1.29 is 0 Å². The Balaban J connectivity index is 2.95. The second-order valence-electron chi connectivity index (χ2n) is 2.85. The highest BCUT2D eigenvalue weighted by atomic mass is 15.1. The Labute approximate surface area is 70.3 Å². The van der Waals surface area contributed by atoms with Gasteiger partial charge in [-0.15, -0.1) is 0 Å². The summed E-state index contributed by atoms with van der Waals surface area (Å²) in [6.45, 7) is 3.90. The lowest BCUT2D eigenvalue weighted by molar-refractivity contribution is 0.872.